The van der Waals surface area contributed by atoms with Crippen LogP contribution in [-0.4, -0.2) is 44.8 Å². The molecule has 0 radical (unpaired) electrons. The summed E-state index contributed by atoms with van der Waals surface area (Å²) in [5.41, 5.74) is -3.46. The number of ether oxygens (including phenoxy) is 1. The molecule has 1 fully saturated rings. The molecule has 0 saturated carbocycles. The van der Waals surface area contributed by atoms with E-state index < -0.39 is 48.4 Å². The van der Waals surface area contributed by atoms with Crippen molar-refractivity contribution >= 4 is 0 Å². The van der Waals surface area contributed by atoms with E-state index in [1.165, 1.54) is 6.92 Å². The second-order valence-electron chi connectivity index (χ2n) is 4.67. The molecule has 0 aliphatic carbocycles. The van der Waals surface area contributed by atoms with Crippen molar-refractivity contribution in [1.82, 2.24) is 9.55 Å². The quantitative estimate of drug-likeness (QED) is 0.639. The van der Waals surface area contributed by atoms with Gasteiger partial charge in [0.2, 0.25) is 0 Å². The molecule has 0 bridgehead atoms. The van der Waals surface area contributed by atoms with Crippen LogP contribution in [0.4, 0.5) is 4.39 Å². The van der Waals surface area contributed by atoms with E-state index in [-0.39, 0.29) is 0 Å². The first-order valence-corrected chi connectivity index (χ1v) is 5.79. The molecule has 1 aromatic rings. The number of aromatic amines is 1. The number of aromatic nitrogens is 2. The molecule has 19 heavy (non-hydrogen) atoms. The SMILES string of the molecule is CC1(F)C(CO)[C@@H](CO)O[C@H]1n1ccc(=O)[nH]c1=O. The van der Waals surface area contributed by atoms with Gasteiger partial charge in [0.05, 0.1) is 19.3 Å². The molecule has 2 unspecified atom stereocenters. The summed E-state index contributed by atoms with van der Waals surface area (Å²) < 4.78 is 20.9. The third kappa shape index (κ3) is 2.22. The Morgan fingerprint density at radius 1 is 1.47 bits per heavy atom. The highest BCUT2D eigenvalue weighted by Gasteiger charge is 2.55. The van der Waals surface area contributed by atoms with Gasteiger partial charge in [-0.25, -0.2) is 9.18 Å². The molecule has 1 aromatic heterocycles. The summed E-state index contributed by atoms with van der Waals surface area (Å²) in [5, 5.41) is 18.3. The molecule has 2 heterocycles. The molecular formula is C11H15FN2O5. The molecule has 4 atom stereocenters. The van der Waals surface area contributed by atoms with Crippen molar-refractivity contribution in [2.75, 3.05) is 13.2 Å². The Labute approximate surface area is 107 Å². The lowest BCUT2D eigenvalue weighted by atomic mass is 9.88. The van der Waals surface area contributed by atoms with Crippen LogP contribution in [0.5, 0.6) is 0 Å². The van der Waals surface area contributed by atoms with Crippen LogP contribution >= 0.6 is 0 Å². The maximum atomic E-state index is 14.7. The number of H-pyrrole nitrogens is 1. The van der Waals surface area contributed by atoms with Gasteiger partial charge in [-0.05, 0) is 6.92 Å². The average Bonchev–Trinajstić information content (AvgIpc) is 2.60. The molecular weight excluding hydrogens is 259 g/mol. The van der Waals surface area contributed by atoms with Crippen LogP contribution in [0.1, 0.15) is 13.2 Å². The van der Waals surface area contributed by atoms with Crippen LogP contribution in [0.15, 0.2) is 21.9 Å². The van der Waals surface area contributed by atoms with Crippen LogP contribution in [0.2, 0.25) is 0 Å². The topological polar surface area (TPSA) is 105 Å². The van der Waals surface area contributed by atoms with Gasteiger partial charge >= 0.3 is 5.69 Å². The van der Waals surface area contributed by atoms with Gasteiger partial charge in [-0.3, -0.25) is 14.3 Å². The van der Waals surface area contributed by atoms with E-state index in [0.717, 1.165) is 16.8 Å². The minimum absolute atomic E-state index is 0.473. The molecule has 1 aliphatic heterocycles. The number of aliphatic hydroxyl groups is 2. The van der Waals surface area contributed by atoms with E-state index in [4.69, 9.17) is 9.84 Å². The lowest BCUT2D eigenvalue weighted by molar-refractivity contribution is -0.0611. The Bertz CT molecular complexity index is 567. The van der Waals surface area contributed by atoms with Crippen LogP contribution in [0.3, 0.4) is 0 Å². The first kappa shape index (κ1) is 13.9. The number of aliphatic hydroxyl groups excluding tert-OH is 2. The van der Waals surface area contributed by atoms with Crippen molar-refractivity contribution in [3.8, 4) is 0 Å². The van der Waals surface area contributed by atoms with E-state index >= 15 is 0 Å². The molecule has 1 saturated heterocycles. The van der Waals surface area contributed by atoms with E-state index in [2.05, 4.69) is 0 Å². The summed E-state index contributed by atoms with van der Waals surface area (Å²) in [5.74, 6) is -0.957. The summed E-state index contributed by atoms with van der Waals surface area (Å²) in [7, 11) is 0. The maximum absolute atomic E-state index is 14.7. The largest absolute Gasteiger partial charge is 0.396 e. The Balaban J connectivity index is 2.45. The summed E-state index contributed by atoms with van der Waals surface area (Å²) in [4.78, 5) is 24.6. The predicted octanol–water partition coefficient (Wildman–Crippen LogP) is -1.24. The predicted molar refractivity (Wildman–Crippen MR) is 62.4 cm³/mol. The van der Waals surface area contributed by atoms with Crippen molar-refractivity contribution in [1.29, 1.82) is 0 Å². The fourth-order valence-electron chi connectivity index (χ4n) is 2.36. The number of rotatable bonds is 3. The minimum Gasteiger partial charge on any atom is -0.396 e. The van der Waals surface area contributed by atoms with Gasteiger partial charge in [-0.1, -0.05) is 0 Å². The zero-order valence-corrected chi connectivity index (χ0v) is 10.2. The van der Waals surface area contributed by atoms with Crippen LogP contribution in [0.25, 0.3) is 0 Å². The number of hydrogen-bond acceptors (Lipinski definition) is 5. The van der Waals surface area contributed by atoms with Gasteiger partial charge in [0.1, 0.15) is 0 Å². The molecule has 106 valence electrons. The third-order valence-electron chi connectivity index (χ3n) is 3.44. The van der Waals surface area contributed by atoms with E-state index in [1.807, 2.05) is 4.98 Å². The zero-order valence-electron chi connectivity index (χ0n) is 10.2. The van der Waals surface area contributed by atoms with Crippen molar-refractivity contribution in [2.45, 2.75) is 24.9 Å². The first-order chi connectivity index (χ1) is 8.91. The highest BCUT2D eigenvalue weighted by Crippen LogP contribution is 2.44. The van der Waals surface area contributed by atoms with Gasteiger partial charge in [0.15, 0.2) is 11.9 Å². The molecule has 8 heteroatoms. The van der Waals surface area contributed by atoms with E-state index in [0.29, 0.717) is 0 Å². The molecule has 1 aliphatic rings. The van der Waals surface area contributed by atoms with E-state index in [1.54, 1.807) is 0 Å². The Morgan fingerprint density at radius 3 is 2.63 bits per heavy atom. The Kier molecular flexibility index (Phi) is 3.57. The number of halogens is 1. The molecule has 0 spiro atoms. The summed E-state index contributed by atoms with van der Waals surface area (Å²) in [6.45, 7) is 0.192. The number of alkyl halides is 1. The average molecular weight is 274 g/mol. The van der Waals surface area contributed by atoms with Crippen molar-refractivity contribution in [3.05, 3.63) is 33.1 Å². The lowest BCUT2D eigenvalue weighted by Gasteiger charge is -2.26. The highest BCUT2D eigenvalue weighted by atomic mass is 19.1. The normalized spacial score (nSPS) is 34.6. The zero-order chi connectivity index (χ0) is 14.2. The van der Waals surface area contributed by atoms with Crippen LogP contribution in [-0.2, 0) is 4.74 Å². The van der Waals surface area contributed by atoms with Crippen molar-refractivity contribution in [2.24, 2.45) is 5.92 Å². The highest BCUT2D eigenvalue weighted by molar-refractivity contribution is 5.00. The fourth-order valence-corrected chi connectivity index (χ4v) is 2.36. The molecule has 3 N–H and O–H groups in total. The van der Waals surface area contributed by atoms with Crippen molar-refractivity contribution in [3.63, 3.8) is 0 Å². The smallest absolute Gasteiger partial charge is 0.330 e. The minimum atomic E-state index is -2.05. The number of nitrogens with one attached hydrogen (secondary N) is 1. The van der Waals surface area contributed by atoms with Gasteiger partial charge in [0.25, 0.3) is 5.56 Å². The lowest BCUT2D eigenvalue weighted by Crippen LogP contribution is -2.42. The Morgan fingerprint density at radius 2 is 2.16 bits per heavy atom. The van der Waals surface area contributed by atoms with Gasteiger partial charge in [-0.2, -0.15) is 0 Å². The first-order valence-electron chi connectivity index (χ1n) is 5.79. The summed E-state index contributed by atoms with van der Waals surface area (Å²) in [6.07, 6.45) is -1.10. The molecule has 7 nitrogen and oxygen atoms in total. The van der Waals surface area contributed by atoms with Crippen LogP contribution in [0, 0.1) is 5.92 Å². The van der Waals surface area contributed by atoms with Crippen molar-refractivity contribution < 1.29 is 19.3 Å². The second-order valence-corrected chi connectivity index (χ2v) is 4.67. The monoisotopic (exact) mass is 274 g/mol. The molecule has 2 rings (SSSR count). The Hall–Kier alpha value is -1.51. The third-order valence-corrected chi connectivity index (χ3v) is 3.44. The molecule has 0 amide bonds. The number of hydrogen-bond donors (Lipinski definition) is 3. The summed E-state index contributed by atoms with van der Waals surface area (Å²) >= 11 is 0. The molecule has 0 aromatic carbocycles. The number of nitrogens with zero attached hydrogens (tertiary/aromatic N) is 1. The van der Waals surface area contributed by atoms with Crippen LogP contribution < -0.4 is 11.2 Å². The summed E-state index contributed by atoms with van der Waals surface area (Å²) in [6, 6.07) is 1.07. The van der Waals surface area contributed by atoms with E-state index in [9.17, 15) is 19.1 Å². The van der Waals surface area contributed by atoms with Gasteiger partial charge < -0.3 is 14.9 Å². The maximum Gasteiger partial charge on any atom is 0.330 e. The second kappa shape index (κ2) is 4.87. The standard InChI is InChI=1S/C11H15FN2O5/c1-11(12)6(4-15)7(5-16)19-9(11)14-3-2-8(17)13-10(14)18/h2-3,6-7,9,15-16H,4-5H2,1H3,(H,13,17,18)/t6?,7-,9-,11?/m1/s1. The van der Waals surface area contributed by atoms with Gasteiger partial charge in [0, 0.05) is 18.2 Å². The van der Waals surface area contributed by atoms with Gasteiger partial charge in [-0.15, -0.1) is 0 Å². The fraction of sp³-hybridized carbons (Fsp3) is 0.636.